The summed E-state index contributed by atoms with van der Waals surface area (Å²) in [6, 6.07) is 8.79. The molecule has 0 amide bonds. The fourth-order valence-corrected chi connectivity index (χ4v) is 2.35. The Balaban J connectivity index is 0.000000150. The lowest BCUT2D eigenvalue weighted by Crippen LogP contribution is -1.94. The van der Waals surface area contributed by atoms with E-state index in [-0.39, 0.29) is 28.7 Å². The lowest BCUT2D eigenvalue weighted by atomic mass is 10.2. The average molecular weight is 342 g/mol. The van der Waals surface area contributed by atoms with Gasteiger partial charge in [0.25, 0.3) is 0 Å². The van der Waals surface area contributed by atoms with Gasteiger partial charge >= 0.3 is 5.97 Å². The molecule has 2 aromatic carbocycles. The number of aromatic amines is 2. The molecule has 0 fully saturated rings. The largest absolute Gasteiger partial charge is 0.504 e. The highest BCUT2D eigenvalue weighted by Gasteiger charge is 2.09. The van der Waals surface area contributed by atoms with Gasteiger partial charge in [0.2, 0.25) is 0 Å². The first-order chi connectivity index (χ1) is 11.8. The molecule has 0 aliphatic heterocycles. The van der Waals surface area contributed by atoms with Crippen LogP contribution < -0.4 is 0 Å². The molecule has 2 aromatic heterocycles. The van der Waals surface area contributed by atoms with E-state index < -0.39 is 5.97 Å². The molecular weight excluding hydrogens is 328 g/mol. The van der Waals surface area contributed by atoms with Crippen molar-refractivity contribution in [2.24, 2.45) is 0 Å². The molecule has 128 valence electrons. The summed E-state index contributed by atoms with van der Waals surface area (Å²) in [6.45, 7) is 0. The van der Waals surface area contributed by atoms with Crippen LogP contribution in [0.25, 0.3) is 21.8 Å². The Morgan fingerprint density at radius 2 is 1.32 bits per heavy atom. The number of carboxylic acid groups (broad SMARTS) is 1. The van der Waals surface area contributed by atoms with Gasteiger partial charge in [0.15, 0.2) is 23.0 Å². The van der Waals surface area contributed by atoms with Crippen LogP contribution in [0.15, 0.2) is 42.6 Å². The van der Waals surface area contributed by atoms with Crippen molar-refractivity contribution in [3.8, 4) is 23.0 Å². The Morgan fingerprint density at radius 1 is 0.760 bits per heavy atom. The van der Waals surface area contributed by atoms with Gasteiger partial charge in [-0.15, -0.1) is 0 Å². The van der Waals surface area contributed by atoms with Gasteiger partial charge in [-0.1, -0.05) is 0 Å². The van der Waals surface area contributed by atoms with Gasteiger partial charge < -0.3 is 35.5 Å². The van der Waals surface area contributed by atoms with E-state index in [0.29, 0.717) is 10.9 Å². The summed E-state index contributed by atoms with van der Waals surface area (Å²) in [4.78, 5) is 16.1. The Bertz CT molecular complexity index is 1000. The van der Waals surface area contributed by atoms with Gasteiger partial charge in [-0.05, 0) is 24.3 Å². The highest BCUT2D eigenvalue weighted by Crippen LogP contribution is 2.30. The van der Waals surface area contributed by atoms with Crippen LogP contribution in [0, 0.1) is 0 Å². The number of carboxylic acids is 1. The number of aromatic nitrogens is 2. The third-order valence-electron chi connectivity index (χ3n) is 3.59. The lowest BCUT2D eigenvalue weighted by Gasteiger charge is -1.95. The second-order valence-electron chi connectivity index (χ2n) is 5.32. The molecule has 0 spiro atoms. The van der Waals surface area contributed by atoms with Crippen molar-refractivity contribution in [2.45, 2.75) is 0 Å². The summed E-state index contributed by atoms with van der Waals surface area (Å²) >= 11 is 0. The molecule has 0 aliphatic carbocycles. The van der Waals surface area contributed by atoms with E-state index in [2.05, 4.69) is 9.97 Å². The molecule has 0 atom stereocenters. The molecule has 0 aliphatic rings. The predicted octanol–water partition coefficient (Wildman–Crippen LogP) is 2.86. The Hall–Kier alpha value is -3.81. The number of aromatic hydroxyl groups is 4. The fourth-order valence-electron chi connectivity index (χ4n) is 2.35. The first-order valence-corrected chi connectivity index (χ1v) is 7.12. The second-order valence-corrected chi connectivity index (χ2v) is 5.32. The van der Waals surface area contributed by atoms with Gasteiger partial charge in [-0.3, -0.25) is 0 Å². The third-order valence-corrected chi connectivity index (χ3v) is 3.59. The summed E-state index contributed by atoms with van der Waals surface area (Å²) in [5.41, 5.74) is 1.31. The number of H-pyrrole nitrogens is 2. The second kappa shape index (κ2) is 6.00. The molecular formula is C17H14N2O6. The van der Waals surface area contributed by atoms with Gasteiger partial charge in [0.1, 0.15) is 5.69 Å². The van der Waals surface area contributed by atoms with Crippen LogP contribution in [0.2, 0.25) is 0 Å². The molecule has 7 N–H and O–H groups in total. The maximum absolute atomic E-state index is 10.6. The minimum Gasteiger partial charge on any atom is -0.504 e. The van der Waals surface area contributed by atoms with E-state index >= 15 is 0 Å². The maximum atomic E-state index is 10.6. The monoisotopic (exact) mass is 342 g/mol. The number of phenols is 4. The van der Waals surface area contributed by atoms with Crippen LogP contribution in [0.4, 0.5) is 0 Å². The van der Waals surface area contributed by atoms with Crippen molar-refractivity contribution in [1.82, 2.24) is 9.97 Å². The smallest absolute Gasteiger partial charge is 0.352 e. The van der Waals surface area contributed by atoms with E-state index in [4.69, 9.17) is 25.5 Å². The molecule has 0 radical (unpaired) electrons. The molecule has 8 heteroatoms. The SMILES string of the molecule is O=C(O)c1cc2cc(O)c(O)cc2[nH]1.Oc1cc2cc[nH]c2cc1O. The zero-order chi connectivity index (χ0) is 18.1. The molecule has 0 bridgehead atoms. The van der Waals surface area contributed by atoms with E-state index in [9.17, 15) is 4.79 Å². The summed E-state index contributed by atoms with van der Waals surface area (Å²) < 4.78 is 0. The Morgan fingerprint density at radius 3 is 1.96 bits per heavy atom. The predicted molar refractivity (Wildman–Crippen MR) is 90.2 cm³/mol. The number of hydrogen-bond donors (Lipinski definition) is 7. The number of fused-ring (bicyclic) bond motifs is 2. The fraction of sp³-hybridized carbons (Fsp3) is 0. The van der Waals surface area contributed by atoms with Crippen LogP contribution in [-0.4, -0.2) is 41.5 Å². The molecule has 8 nitrogen and oxygen atoms in total. The maximum Gasteiger partial charge on any atom is 0.352 e. The van der Waals surface area contributed by atoms with Crippen LogP contribution in [0.5, 0.6) is 23.0 Å². The first-order valence-electron chi connectivity index (χ1n) is 7.12. The van der Waals surface area contributed by atoms with Gasteiger partial charge in [0, 0.05) is 34.6 Å². The van der Waals surface area contributed by atoms with Crippen molar-refractivity contribution in [3.05, 3.63) is 48.3 Å². The standard InChI is InChI=1S/C9H7NO4.C8H7NO2/c11-7-2-4-1-6(9(13)14)10-5(4)3-8(7)12;10-7-3-5-1-2-9-6(5)4-8(7)11/h1-3,10-12H,(H,13,14);1-4,9-11H. The van der Waals surface area contributed by atoms with Gasteiger partial charge in [0.05, 0.1) is 5.52 Å². The molecule has 0 unspecified atom stereocenters. The number of phenolic OH excluding ortho intramolecular Hbond substituents is 4. The number of rotatable bonds is 1. The van der Waals surface area contributed by atoms with Gasteiger partial charge in [-0.2, -0.15) is 0 Å². The number of benzene rings is 2. The molecule has 0 saturated carbocycles. The van der Waals surface area contributed by atoms with E-state index in [1.165, 1.54) is 30.3 Å². The zero-order valence-corrected chi connectivity index (χ0v) is 12.7. The third kappa shape index (κ3) is 3.13. The molecule has 25 heavy (non-hydrogen) atoms. The number of hydrogen-bond acceptors (Lipinski definition) is 5. The molecule has 2 heterocycles. The normalized spacial score (nSPS) is 10.6. The molecule has 4 rings (SSSR count). The minimum absolute atomic E-state index is 0.0185. The topological polar surface area (TPSA) is 150 Å². The highest BCUT2D eigenvalue weighted by molar-refractivity contribution is 5.94. The van der Waals surface area contributed by atoms with E-state index in [1.54, 1.807) is 6.20 Å². The van der Waals surface area contributed by atoms with Crippen molar-refractivity contribution < 1.29 is 30.3 Å². The van der Waals surface area contributed by atoms with Crippen LogP contribution in [0.1, 0.15) is 10.5 Å². The van der Waals surface area contributed by atoms with Crippen molar-refractivity contribution in [3.63, 3.8) is 0 Å². The van der Waals surface area contributed by atoms with E-state index in [1.807, 2.05) is 6.07 Å². The minimum atomic E-state index is -1.08. The molecule has 0 saturated heterocycles. The number of aromatic carboxylic acids is 1. The van der Waals surface area contributed by atoms with Crippen molar-refractivity contribution in [2.75, 3.05) is 0 Å². The van der Waals surface area contributed by atoms with E-state index in [0.717, 1.165) is 10.9 Å². The zero-order valence-electron chi connectivity index (χ0n) is 12.7. The quantitative estimate of drug-likeness (QED) is 0.264. The van der Waals surface area contributed by atoms with Gasteiger partial charge in [-0.25, -0.2) is 4.79 Å². The Labute approximate surface area is 140 Å². The van der Waals surface area contributed by atoms with Crippen LogP contribution >= 0.6 is 0 Å². The lowest BCUT2D eigenvalue weighted by molar-refractivity contribution is 0.0691. The summed E-state index contributed by atoms with van der Waals surface area (Å²) in [6.07, 6.45) is 1.75. The van der Waals surface area contributed by atoms with Crippen LogP contribution in [-0.2, 0) is 0 Å². The summed E-state index contributed by atoms with van der Waals surface area (Å²) in [5, 5.41) is 46.5. The average Bonchev–Trinajstić information content (AvgIpc) is 3.15. The van der Waals surface area contributed by atoms with Crippen molar-refractivity contribution in [1.29, 1.82) is 0 Å². The summed E-state index contributed by atoms with van der Waals surface area (Å²) in [5.74, 6) is -1.82. The highest BCUT2D eigenvalue weighted by atomic mass is 16.4. The van der Waals surface area contributed by atoms with Crippen molar-refractivity contribution >= 4 is 27.8 Å². The Kier molecular flexibility index (Phi) is 3.86. The summed E-state index contributed by atoms with van der Waals surface area (Å²) in [7, 11) is 0. The molecule has 4 aromatic rings. The van der Waals surface area contributed by atoms with Crippen LogP contribution in [0.3, 0.4) is 0 Å². The first kappa shape index (κ1) is 16.1. The number of carbonyl (C=O) groups is 1. The number of nitrogens with one attached hydrogen (secondary N) is 2.